The van der Waals surface area contributed by atoms with Crippen molar-refractivity contribution in [2.24, 2.45) is 5.92 Å². The highest BCUT2D eigenvalue weighted by Gasteiger charge is 2.39. The number of ether oxygens (including phenoxy) is 3. The van der Waals surface area contributed by atoms with Crippen LogP contribution in [0.3, 0.4) is 0 Å². The van der Waals surface area contributed by atoms with E-state index in [1.54, 1.807) is 0 Å². The zero-order valence-corrected chi connectivity index (χ0v) is 15.0. The molecule has 0 N–H and O–H groups in total. The molecule has 0 saturated carbocycles. The highest BCUT2D eigenvalue weighted by molar-refractivity contribution is 6.05. The molecule has 0 amide bonds. The third kappa shape index (κ3) is 5.95. The minimum absolute atomic E-state index is 0.362. The third-order valence-electron chi connectivity index (χ3n) is 2.82. The summed E-state index contributed by atoms with van der Waals surface area (Å²) in [6.45, 7) is 15.8. The minimum atomic E-state index is -0.826. The Morgan fingerprint density at radius 3 is 2.00 bits per heavy atom. The van der Waals surface area contributed by atoms with E-state index in [4.69, 9.17) is 14.2 Å². The second-order valence-electron chi connectivity index (χ2n) is 5.11. The van der Waals surface area contributed by atoms with Gasteiger partial charge in [-0.3, -0.25) is 0 Å². The van der Waals surface area contributed by atoms with Crippen molar-refractivity contribution in [3.05, 3.63) is 11.8 Å². The van der Waals surface area contributed by atoms with Gasteiger partial charge >= 0.3 is 0 Å². The highest BCUT2D eigenvalue weighted by atomic mass is 28.2. The average Bonchev–Trinajstić information content (AvgIpc) is 2.34. The summed E-state index contributed by atoms with van der Waals surface area (Å²) in [5.74, 6) is -0.366. The number of rotatable bonds is 10. The molecule has 0 aromatic rings. The quantitative estimate of drug-likeness (QED) is 0.458. The summed E-state index contributed by atoms with van der Waals surface area (Å²) in [4.78, 5) is 0. The van der Waals surface area contributed by atoms with Gasteiger partial charge in [-0.2, -0.15) is 0 Å². The Labute approximate surface area is 128 Å². The summed E-state index contributed by atoms with van der Waals surface area (Å²) < 4.78 is 19.4. The highest BCUT2D eigenvalue weighted by Crippen LogP contribution is 2.25. The van der Waals surface area contributed by atoms with Gasteiger partial charge in [0.1, 0.15) is 0 Å². The van der Waals surface area contributed by atoms with E-state index in [0.717, 1.165) is 5.70 Å². The van der Waals surface area contributed by atoms with Crippen LogP contribution in [0.4, 0.5) is 0 Å². The fourth-order valence-corrected chi connectivity index (χ4v) is 2.51. The van der Waals surface area contributed by atoms with E-state index in [1.165, 1.54) is 0 Å². The molecule has 0 spiro atoms. The van der Waals surface area contributed by atoms with Gasteiger partial charge in [-0.1, -0.05) is 19.9 Å². The standard InChI is InChI=1S/C15H30NO3Si/c1-8-17-14(15(7,18-9-2)19-10-3)16(20)13(6)11-12(4)5/h11-12,14H,8-10H2,1-7H3/b13-11+. The van der Waals surface area contributed by atoms with Crippen LogP contribution in [0, 0.1) is 5.92 Å². The van der Waals surface area contributed by atoms with E-state index in [1.807, 2.05) is 39.2 Å². The maximum Gasteiger partial charge on any atom is 0.210 e. The first-order valence-corrected chi connectivity index (χ1v) is 7.85. The Morgan fingerprint density at radius 1 is 1.15 bits per heavy atom. The summed E-state index contributed by atoms with van der Waals surface area (Å²) in [6, 6.07) is 0. The van der Waals surface area contributed by atoms with E-state index in [2.05, 4.69) is 30.3 Å². The number of allylic oxidation sites excluding steroid dienone is 2. The van der Waals surface area contributed by atoms with Gasteiger partial charge in [-0.15, -0.1) is 0 Å². The molecule has 5 heteroatoms. The molecule has 0 rings (SSSR count). The van der Waals surface area contributed by atoms with Crippen LogP contribution in [-0.4, -0.2) is 46.8 Å². The van der Waals surface area contributed by atoms with Crippen molar-refractivity contribution in [1.82, 2.24) is 4.57 Å². The first kappa shape index (κ1) is 19.6. The van der Waals surface area contributed by atoms with Crippen molar-refractivity contribution < 1.29 is 14.2 Å². The topological polar surface area (TPSA) is 30.9 Å². The van der Waals surface area contributed by atoms with Gasteiger partial charge in [-0.25, -0.2) is 0 Å². The van der Waals surface area contributed by atoms with Crippen molar-refractivity contribution in [1.29, 1.82) is 0 Å². The van der Waals surface area contributed by atoms with E-state index in [9.17, 15) is 0 Å². The lowest BCUT2D eigenvalue weighted by Gasteiger charge is -2.42. The van der Waals surface area contributed by atoms with Gasteiger partial charge < -0.3 is 18.8 Å². The van der Waals surface area contributed by atoms with Gasteiger partial charge in [0.05, 0.1) is 0 Å². The third-order valence-corrected chi connectivity index (χ3v) is 3.41. The molecule has 0 aliphatic rings. The van der Waals surface area contributed by atoms with Crippen molar-refractivity contribution in [3.63, 3.8) is 0 Å². The molecule has 4 nitrogen and oxygen atoms in total. The van der Waals surface area contributed by atoms with Crippen LogP contribution in [0.25, 0.3) is 0 Å². The molecule has 0 saturated heterocycles. The molecule has 0 aliphatic carbocycles. The normalized spacial score (nSPS) is 14.8. The monoisotopic (exact) mass is 300 g/mol. The van der Waals surface area contributed by atoms with Crippen molar-refractivity contribution in [2.75, 3.05) is 19.8 Å². The number of hydrogen-bond acceptors (Lipinski definition) is 4. The predicted molar refractivity (Wildman–Crippen MR) is 83.3 cm³/mol. The first-order chi connectivity index (χ1) is 9.32. The molecular weight excluding hydrogens is 270 g/mol. The predicted octanol–water partition coefficient (Wildman–Crippen LogP) is 3.08. The number of nitrogens with zero attached hydrogens (tertiary/aromatic N) is 1. The van der Waals surface area contributed by atoms with Gasteiger partial charge in [0, 0.05) is 25.5 Å². The Balaban J connectivity index is 5.26. The molecule has 0 bridgehead atoms. The van der Waals surface area contributed by atoms with Crippen LogP contribution in [0.2, 0.25) is 0 Å². The molecule has 117 valence electrons. The molecule has 0 heterocycles. The summed E-state index contributed by atoms with van der Waals surface area (Å²) in [5.41, 5.74) is 1.07. The molecule has 0 aromatic carbocycles. The first-order valence-electron chi connectivity index (χ1n) is 7.40. The Hall–Kier alpha value is -0.363. The summed E-state index contributed by atoms with van der Waals surface area (Å²) in [6.07, 6.45) is 1.80. The molecule has 0 fully saturated rings. The Morgan fingerprint density at radius 2 is 1.65 bits per heavy atom. The summed E-state index contributed by atoms with van der Waals surface area (Å²) >= 11 is 0. The lowest BCUT2D eigenvalue weighted by atomic mass is 10.2. The van der Waals surface area contributed by atoms with E-state index < -0.39 is 5.79 Å². The van der Waals surface area contributed by atoms with Crippen molar-refractivity contribution in [2.45, 2.75) is 60.5 Å². The minimum Gasteiger partial charge on any atom is -0.375 e. The van der Waals surface area contributed by atoms with Crippen molar-refractivity contribution >= 4 is 10.4 Å². The zero-order valence-electron chi connectivity index (χ0n) is 14.0. The molecule has 0 aliphatic heterocycles. The lowest BCUT2D eigenvalue weighted by molar-refractivity contribution is -0.296. The molecular formula is C15H30NO3Si. The van der Waals surface area contributed by atoms with Gasteiger partial charge in [0.2, 0.25) is 5.79 Å². The van der Waals surface area contributed by atoms with Gasteiger partial charge in [0.25, 0.3) is 0 Å². The van der Waals surface area contributed by atoms with Crippen LogP contribution in [0.15, 0.2) is 11.8 Å². The van der Waals surface area contributed by atoms with E-state index in [0.29, 0.717) is 25.7 Å². The van der Waals surface area contributed by atoms with Crippen LogP contribution >= 0.6 is 0 Å². The Kier molecular flexibility index (Phi) is 9.38. The fourth-order valence-electron chi connectivity index (χ4n) is 2.12. The van der Waals surface area contributed by atoms with Crippen LogP contribution in [0.1, 0.15) is 48.5 Å². The summed E-state index contributed by atoms with van der Waals surface area (Å²) in [5, 5.41) is 0. The second-order valence-corrected chi connectivity index (χ2v) is 5.59. The van der Waals surface area contributed by atoms with E-state index >= 15 is 0 Å². The zero-order chi connectivity index (χ0) is 15.8. The molecule has 1 unspecified atom stereocenters. The largest absolute Gasteiger partial charge is 0.375 e. The average molecular weight is 300 g/mol. The molecule has 3 radical (unpaired) electrons. The molecule has 1 atom stereocenters. The summed E-state index contributed by atoms with van der Waals surface area (Å²) in [7, 11) is 3.65. The van der Waals surface area contributed by atoms with Crippen molar-refractivity contribution in [3.8, 4) is 0 Å². The maximum atomic E-state index is 5.86. The second kappa shape index (κ2) is 9.55. The van der Waals surface area contributed by atoms with Crippen LogP contribution in [-0.2, 0) is 14.2 Å². The fraction of sp³-hybridized carbons (Fsp3) is 0.867. The van der Waals surface area contributed by atoms with E-state index in [-0.39, 0.29) is 6.23 Å². The molecule has 0 aromatic heterocycles. The maximum absolute atomic E-state index is 5.86. The van der Waals surface area contributed by atoms with Gasteiger partial charge in [-0.05, 0) is 40.5 Å². The SMILES string of the molecule is CCOC(N([Si])/C(C)=C/C(C)C)C(C)(OCC)OCC. The van der Waals surface area contributed by atoms with Gasteiger partial charge in [0.15, 0.2) is 16.6 Å². The van der Waals surface area contributed by atoms with Crippen LogP contribution < -0.4 is 0 Å². The molecule has 20 heavy (non-hydrogen) atoms. The Bertz CT molecular complexity index is 289. The smallest absolute Gasteiger partial charge is 0.210 e. The number of hydrogen-bond donors (Lipinski definition) is 0. The lowest BCUT2D eigenvalue weighted by Crippen LogP contribution is -2.54. The van der Waals surface area contributed by atoms with Crippen LogP contribution in [0.5, 0.6) is 0 Å².